The molecule has 1 N–H and O–H groups in total. The van der Waals surface area contributed by atoms with Gasteiger partial charge in [0.2, 0.25) is 5.91 Å². The van der Waals surface area contributed by atoms with Crippen molar-refractivity contribution in [1.29, 1.82) is 0 Å². The summed E-state index contributed by atoms with van der Waals surface area (Å²) in [4.78, 5) is 13.9. The molecule has 0 spiro atoms. The molecule has 0 aliphatic carbocycles. The average molecular weight is 399 g/mol. The number of amides is 1. The van der Waals surface area contributed by atoms with Crippen molar-refractivity contribution < 1.29 is 22.7 Å². The van der Waals surface area contributed by atoms with E-state index in [0.717, 1.165) is 30.0 Å². The predicted molar refractivity (Wildman–Crippen MR) is 92.5 cm³/mol. The molecular formula is C14H14ClF3N2O2S2. The lowest BCUT2D eigenvalue weighted by molar-refractivity contribution is -0.137. The van der Waals surface area contributed by atoms with Gasteiger partial charge < -0.3 is 15.0 Å². The smallest absolute Gasteiger partial charge is 0.378 e. The maximum absolute atomic E-state index is 12.7. The molecule has 0 bridgehead atoms. The molecule has 132 valence electrons. The summed E-state index contributed by atoms with van der Waals surface area (Å²) >= 11 is 12.2. The minimum absolute atomic E-state index is 0.0111. The number of hydrogen-bond donors (Lipinski definition) is 1. The first-order valence-electron chi connectivity index (χ1n) is 6.93. The van der Waals surface area contributed by atoms with Crippen LogP contribution in [0, 0.1) is 0 Å². The van der Waals surface area contributed by atoms with Crippen LogP contribution >= 0.6 is 35.6 Å². The molecule has 1 aliphatic rings. The Balaban J connectivity index is 1.91. The highest BCUT2D eigenvalue weighted by Gasteiger charge is 2.31. The van der Waals surface area contributed by atoms with E-state index in [9.17, 15) is 18.0 Å². The van der Waals surface area contributed by atoms with Gasteiger partial charge in [0.15, 0.2) is 0 Å². The third kappa shape index (κ3) is 5.51. The molecular weight excluding hydrogens is 385 g/mol. The Morgan fingerprint density at radius 2 is 2.04 bits per heavy atom. The number of carbonyl (C=O) groups excluding carboxylic acids is 1. The van der Waals surface area contributed by atoms with Gasteiger partial charge in [-0.05, 0) is 18.2 Å². The Bertz CT molecular complexity index is 623. The van der Waals surface area contributed by atoms with Crippen LogP contribution in [0.2, 0.25) is 5.02 Å². The van der Waals surface area contributed by atoms with Crippen molar-refractivity contribution in [3.8, 4) is 0 Å². The Morgan fingerprint density at radius 1 is 1.38 bits per heavy atom. The molecule has 2 rings (SSSR count). The summed E-state index contributed by atoms with van der Waals surface area (Å²) in [6, 6.07) is 2.77. The van der Waals surface area contributed by atoms with Crippen molar-refractivity contribution >= 4 is 51.5 Å². The normalized spacial score (nSPS) is 15.2. The second kappa shape index (κ2) is 8.37. The average Bonchev–Trinajstić information content (AvgIpc) is 2.54. The number of benzene rings is 1. The van der Waals surface area contributed by atoms with Crippen LogP contribution in [-0.4, -0.2) is 47.2 Å². The van der Waals surface area contributed by atoms with E-state index in [2.05, 4.69) is 5.32 Å². The molecule has 1 fully saturated rings. The monoisotopic (exact) mass is 398 g/mol. The highest BCUT2D eigenvalue weighted by atomic mass is 35.5. The number of rotatable bonds is 3. The standard InChI is InChI=1S/C14H14ClF3N2O2S2/c15-10-2-1-9(14(16,17)18)7-11(10)19-12(21)8-24-13(23)20-3-5-22-6-4-20/h1-2,7H,3-6,8H2,(H,19,21). The van der Waals surface area contributed by atoms with Gasteiger partial charge in [-0.1, -0.05) is 35.6 Å². The molecule has 1 aliphatic heterocycles. The van der Waals surface area contributed by atoms with Crippen molar-refractivity contribution in [3.05, 3.63) is 28.8 Å². The third-order valence-electron chi connectivity index (χ3n) is 3.16. The third-order valence-corrected chi connectivity index (χ3v) is 5.02. The second-order valence-corrected chi connectivity index (χ2v) is 6.91. The first-order valence-corrected chi connectivity index (χ1v) is 8.70. The van der Waals surface area contributed by atoms with Gasteiger partial charge in [-0.25, -0.2) is 0 Å². The van der Waals surface area contributed by atoms with Crippen LogP contribution < -0.4 is 5.32 Å². The van der Waals surface area contributed by atoms with E-state index < -0.39 is 17.6 Å². The minimum Gasteiger partial charge on any atom is -0.378 e. The van der Waals surface area contributed by atoms with Crippen molar-refractivity contribution in [1.82, 2.24) is 4.90 Å². The molecule has 1 saturated heterocycles. The number of thiocarbonyl (C=S) groups is 1. The number of thioether (sulfide) groups is 1. The molecule has 1 aromatic rings. The van der Waals surface area contributed by atoms with E-state index in [1.807, 2.05) is 4.90 Å². The Morgan fingerprint density at radius 3 is 2.67 bits per heavy atom. The van der Waals surface area contributed by atoms with Crippen LogP contribution in [0.15, 0.2) is 18.2 Å². The summed E-state index contributed by atoms with van der Waals surface area (Å²) < 4.78 is 43.9. The SMILES string of the molecule is O=C(CSC(=S)N1CCOCC1)Nc1cc(C(F)(F)F)ccc1Cl. The molecule has 0 atom stereocenters. The highest BCUT2D eigenvalue weighted by Crippen LogP contribution is 2.33. The van der Waals surface area contributed by atoms with Crippen LogP contribution in [-0.2, 0) is 15.7 Å². The lowest BCUT2D eigenvalue weighted by Crippen LogP contribution is -2.39. The number of morpholine rings is 1. The van der Waals surface area contributed by atoms with E-state index in [1.54, 1.807) is 0 Å². The molecule has 1 heterocycles. The van der Waals surface area contributed by atoms with Gasteiger partial charge in [-0.15, -0.1) is 0 Å². The predicted octanol–water partition coefficient (Wildman–Crippen LogP) is 3.65. The van der Waals surface area contributed by atoms with Gasteiger partial charge >= 0.3 is 6.18 Å². The fourth-order valence-corrected chi connectivity index (χ4v) is 3.16. The van der Waals surface area contributed by atoms with Crippen molar-refractivity contribution in [3.63, 3.8) is 0 Å². The fourth-order valence-electron chi connectivity index (χ4n) is 1.95. The van der Waals surface area contributed by atoms with Gasteiger partial charge in [-0.3, -0.25) is 4.79 Å². The van der Waals surface area contributed by atoms with Crippen molar-refractivity contribution in [2.24, 2.45) is 0 Å². The number of alkyl halides is 3. The summed E-state index contributed by atoms with van der Waals surface area (Å²) in [5.74, 6) is -0.486. The Kier molecular flexibility index (Phi) is 6.73. The van der Waals surface area contributed by atoms with Gasteiger partial charge in [-0.2, -0.15) is 13.2 Å². The first-order chi connectivity index (χ1) is 11.3. The summed E-state index contributed by atoms with van der Waals surface area (Å²) in [6.07, 6.45) is -4.50. The largest absolute Gasteiger partial charge is 0.416 e. The molecule has 0 aromatic heterocycles. The maximum atomic E-state index is 12.7. The summed E-state index contributed by atoms with van der Waals surface area (Å²) in [6.45, 7) is 2.47. The molecule has 0 saturated carbocycles. The van der Waals surface area contributed by atoms with Gasteiger partial charge in [0.25, 0.3) is 0 Å². The zero-order valence-corrected chi connectivity index (χ0v) is 14.7. The number of ether oxygens (including phenoxy) is 1. The first kappa shape index (κ1) is 19.3. The molecule has 1 aromatic carbocycles. The summed E-state index contributed by atoms with van der Waals surface area (Å²) in [5.41, 5.74) is -0.951. The number of carbonyl (C=O) groups is 1. The summed E-state index contributed by atoms with van der Waals surface area (Å²) in [5, 5.41) is 2.43. The fraction of sp³-hybridized carbons (Fsp3) is 0.429. The van der Waals surface area contributed by atoms with Crippen LogP contribution in [0.25, 0.3) is 0 Å². The number of anilines is 1. The van der Waals surface area contributed by atoms with E-state index in [4.69, 9.17) is 28.6 Å². The van der Waals surface area contributed by atoms with Gasteiger partial charge in [0.1, 0.15) is 4.32 Å². The zero-order chi connectivity index (χ0) is 17.7. The number of hydrogen-bond acceptors (Lipinski definition) is 4. The lowest BCUT2D eigenvalue weighted by Gasteiger charge is -2.28. The van der Waals surface area contributed by atoms with E-state index >= 15 is 0 Å². The van der Waals surface area contributed by atoms with Gasteiger partial charge in [0, 0.05) is 13.1 Å². The molecule has 0 unspecified atom stereocenters. The van der Waals surface area contributed by atoms with Gasteiger partial charge in [0.05, 0.1) is 35.2 Å². The lowest BCUT2D eigenvalue weighted by atomic mass is 10.2. The Hall–Kier alpha value is -1.03. The van der Waals surface area contributed by atoms with Crippen LogP contribution in [0.3, 0.4) is 0 Å². The number of halogens is 4. The molecule has 24 heavy (non-hydrogen) atoms. The van der Waals surface area contributed by atoms with E-state index in [0.29, 0.717) is 30.6 Å². The maximum Gasteiger partial charge on any atom is 0.416 e. The van der Waals surface area contributed by atoms with Crippen LogP contribution in [0.5, 0.6) is 0 Å². The zero-order valence-electron chi connectivity index (χ0n) is 12.4. The van der Waals surface area contributed by atoms with Crippen LogP contribution in [0.4, 0.5) is 18.9 Å². The number of nitrogens with one attached hydrogen (secondary N) is 1. The molecule has 10 heteroatoms. The second-order valence-electron chi connectivity index (χ2n) is 4.89. The van der Waals surface area contributed by atoms with Crippen molar-refractivity contribution in [2.75, 3.05) is 37.4 Å². The molecule has 4 nitrogen and oxygen atoms in total. The quantitative estimate of drug-likeness (QED) is 0.787. The van der Waals surface area contributed by atoms with Crippen molar-refractivity contribution in [2.45, 2.75) is 6.18 Å². The highest BCUT2D eigenvalue weighted by molar-refractivity contribution is 8.23. The molecule has 0 radical (unpaired) electrons. The van der Waals surface area contributed by atoms with E-state index in [-0.39, 0.29) is 16.5 Å². The number of nitrogens with zero attached hydrogens (tertiary/aromatic N) is 1. The van der Waals surface area contributed by atoms with E-state index in [1.165, 1.54) is 0 Å². The molecule has 1 amide bonds. The summed E-state index contributed by atoms with van der Waals surface area (Å²) in [7, 11) is 0. The van der Waals surface area contributed by atoms with Crippen LogP contribution in [0.1, 0.15) is 5.56 Å². The Labute approximate surface area is 151 Å². The minimum atomic E-state index is -4.50. The topological polar surface area (TPSA) is 41.6 Å².